The number of nitrogens with zero attached hydrogens (tertiary/aromatic N) is 2. The smallest absolute Gasteiger partial charge is 0.265 e. The van der Waals surface area contributed by atoms with Crippen molar-refractivity contribution >= 4 is 23.3 Å². The molecule has 8 nitrogen and oxygen atoms in total. The van der Waals surface area contributed by atoms with Crippen molar-refractivity contribution in [3.05, 3.63) is 83.7 Å². The molecule has 2 aromatic carbocycles. The van der Waals surface area contributed by atoms with Gasteiger partial charge in [-0.05, 0) is 61.9 Å². The van der Waals surface area contributed by atoms with Gasteiger partial charge in [-0.15, -0.1) is 0 Å². The molecule has 0 radical (unpaired) electrons. The third kappa shape index (κ3) is 5.23. The molecule has 1 atom stereocenters. The number of anilines is 1. The van der Waals surface area contributed by atoms with Crippen LogP contribution in [-0.4, -0.2) is 41.8 Å². The van der Waals surface area contributed by atoms with Crippen LogP contribution in [0.3, 0.4) is 0 Å². The maximum absolute atomic E-state index is 12.8. The molecule has 2 heterocycles. The third-order valence-electron chi connectivity index (χ3n) is 5.46. The van der Waals surface area contributed by atoms with Gasteiger partial charge >= 0.3 is 0 Å². The van der Waals surface area contributed by atoms with Crippen LogP contribution >= 0.6 is 0 Å². The van der Waals surface area contributed by atoms with Gasteiger partial charge in [0.05, 0.1) is 17.9 Å². The third-order valence-corrected chi connectivity index (χ3v) is 5.46. The Balaban J connectivity index is 1.49. The maximum atomic E-state index is 12.8. The maximum Gasteiger partial charge on any atom is 0.265 e. The van der Waals surface area contributed by atoms with E-state index in [2.05, 4.69) is 10.3 Å². The Kier molecular flexibility index (Phi) is 6.87. The zero-order chi connectivity index (χ0) is 24.1. The average Bonchev–Trinajstić information content (AvgIpc) is 2.85. The lowest BCUT2D eigenvalue weighted by atomic mass is 10.1. The van der Waals surface area contributed by atoms with Gasteiger partial charge in [0.25, 0.3) is 5.91 Å². The SMILES string of the molecule is Cc1cccc(OCC(=O)c2ccc3c(c2)N([C@H](C)C(=O)NCc2ccccn2)C(=O)CO3)c1. The number of carbonyl (C=O) groups excluding carboxylic acids is 3. The summed E-state index contributed by atoms with van der Waals surface area (Å²) in [5.74, 6) is 0.0688. The van der Waals surface area contributed by atoms with Crippen molar-refractivity contribution in [2.45, 2.75) is 26.4 Å². The van der Waals surface area contributed by atoms with Gasteiger partial charge in [0.15, 0.2) is 19.0 Å². The number of pyridine rings is 1. The lowest BCUT2D eigenvalue weighted by Gasteiger charge is -2.33. The van der Waals surface area contributed by atoms with Crippen molar-refractivity contribution in [2.75, 3.05) is 18.1 Å². The van der Waals surface area contributed by atoms with E-state index in [4.69, 9.17) is 9.47 Å². The molecule has 1 aliphatic heterocycles. The van der Waals surface area contributed by atoms with Crippen molar-refractivity contribution in [3.63, 3.8) is 0 Å². The molecular weight excluding hydrogens is 434 g/mol. The number of hydrogen-bond acceptors (Lipinski definition) is 6. The number of amides is 2. The number of benzene rings is 2. The highest BCUT2D eigenvalue weighted by Crippen LogP contribution is 2.34. The summed E-state index contributed by atoms with van der Waals surface area (Å²) in [6.45, 7) is 3.48. The van der Waals surface area contributed by atoms with Crippen LogP contribution in [0.4, 0.5) is 5.69 Å². The van der Waals surface area contributed by atoms with Crippen molar-refractivity contribution in [2.24, 2.45) is 0 Å². The van der Waals surface area contributed by atoms with Gasteiger partial charge in [0.2, 0.25) is 5.91 Å². The molecule has 174 valence electrons. The first-order valence-electron chi connectivity index (χ1n) is 10.9. The summed E-state index contributed by atoms with van der Waals surface area (Å²) in [5, 5.41) is 2.80. The van der Waals surface area contributed by atoms with Crippen LogP contribution in [0.25, 0.3) is 0 Å². The molecule has 1 N–H and O–H groups in total. The second kappa shape index (κ2) is 10.2. The normalized spacial score (nSPS) is 13.5. The summed E-state index contributed by atoms with van der Waals surface area (Å²) in [6, 6.07) is 16.9. The number of ether oxygens (including phenoxy) is 2. The van der Waals surface area contributed by atoms with E-state index >= 15 is 0 Å². The summed E-state index contributed by atoms with van der Waals surface area (Å²) >= 11 is 0. The molecule has 3 aromatic rings. The lowest BCUT2D eigenvalue weighted by Crippen LogP contribution is -2.51. The van der Waals surface area contributed by atoms with E-state index in [1.807, 2.05) is 31.2 Å². The number of aryl methyl sites for hydroxylation is 1. The fourth-order valence-corrected chi connectivity index (χ4v) is 3.65. The summed E-state index contributed by atoms with van der Waals surface area (Å²) in [4.78, 5) is 43.9. The Labute approximate surface area is 197 Å². The van der Waals surface area contributed by atoms with Gasteiger partial charge in [0.1, 0.15) is 17.5 Å². The minimum Gasteiger partial charge on any atom is -0.485 e. The van der Waals surface area contributed by atoms with Crippen molar-refractivity contribution in [3.8, 4) is 11.5 Å². The number of hydrogen-bond donors (Lipinski definition) is 1. The summed E-state index contributed by atoms with van der Waals surface area (Å²) in [6.07, 6.45) is 1.65. The first kappa shape index (κ1) is 23.0. The number of carbonyl (C=O) groups is 3. The average molecular weight is 460 g/mol. The largest absolute Gasteiger partial charge is 0.485 e. The van der Waals surface area contributed by atoms with Gasteiger partial charge in [0, 0.05) is 11.8 Å². The minimum atomic E-state index is -0.812. The van der Waals surface area contributed by atoms with Crippen LogP contribution < -0.4 is 19.7 Å². The Hall–Kier alpha value is -4.20. The number of rotatable bonds is 8. The number of Topliss-reactive ketones (excluding diaryl/α,β-unsaturated/α-hetero) is 1. The fourth-order valence-electron chi connectivity index (χ4n) is 3.65. The van der Waals surface area contributed by atoms with E-state index in [0.29, 0.717) is 28.4 Å². The zero-order valence-corrected chi connectivity index (χ0v) is 19.0. The molecule has 4 rings (SSSR count). The molecule has 0 unspecified atom stereocenters. The summed E-state index contributed by atoms with van der Waals surface area (Å²) in [5.41, 5.74) is 2.47. The highest BCUT2D eigenvalue weighted by molar-refractivity contribution is 6.05. The fraction of sp³-hybridized carbons (Fsp3) is 0.231. The van der Waals surface area contributed by atoms with E-state index in [0.717, 1.165) is 5.56 Å². The molecule has 0 aliphatic carbocycles. The van der Waals surface area contributed by atoms with E-state index in [-0.39, 0.29) is 37.4 Å². The van der Waals surface area contributed by atoms with E-state index in [1.165, 1.54) is 4.90 Å². The summed E-state index contributed by atoms with van der Waals surface area (Å²) in [7, 11) is 0. The molecule has 0 saturated heterocycles. The van der Waals surface area contributed by atoms with Gasteiger partial charge < -0.3 is 14.8 Å². The van der Waals surface area contributed by atoms with Gasteiger partial charge in [-0.25, -0.2) is 0 Å². The molecule has 0 bridgehead atoms. The second-order valence-corrected chi connectivity index (χ2v) is 7.98. The predicted octanol–water partition coefficient (Wildman–Crippen LogP) is 3.08. The predicted molar refractivity (Wildman–Crippen MR) is 126 cm³/mol. The Morgan fingerprint density at radius 1 is 1.15 bits per heavy atom. The molecule has 0 spiro atoms. The lowest BCUT2D eigenvalue weighted by molar-refractivity contribution is -0.127. The van der Waals surface area contributed by atoms with E-state index in [1.54, 1.807) is 49.5 Å². The minimum absolute atomic E-state index is 0.156. The number of nitrogens with one attached hydrogen (secondary N) is 1. The van der Waals surface area contributed by atoms with Gasteiger partial charge in [-0.1, -0.05) is 18.2 Å². The van der Waals surface area contributed by atoms with Crippen molar-refractivity contribution < 1.29 is 23.9 Å². The zero-order valence-electron chi connectivity index (χ0n) is 19.0. The first-order chi connectivity index (χ1) is 16.4. The Bertz CT molecular complexity index is 1210. The molecule has 8 heteroatoms. The van der Waals surface area contributed by atoms with Crippen LogP contribution in [0.1, 0.15) is 28.5 Å². The highest BCUT2D eigenvalue weighted by Gasteiger charge is 2.33. The number of ketones is 1. The standard InChI is InChI=1S/C26H25N3O5/c1-17-6-5-8-21(12-17)33-15-23(30)19-9-10-24-22(13-19)29(25(31)16-34-24)18(2)26(32)28-14-20-7-3-4-11-27-20/h3-13,18H,14-16H2,1-2H3,(H,28,32)/t18-/m1/s1. The number of aromatic nitrogens is 1. The molecule has 34 heavy (non-hydrogen) atoms. The highest BCUT2D eigenvalue weighted by atomic mass is 16.5. The van der Waals surface area contributed by atoms with Gasteiger partial charge in [-0.3, -0.25) is 24.3 Å². The van der Waals surface area contributed by atoms with Crippen LogP contribution in [0.15, 0.2) is 66.9 Å². The van der Waals surface area contributed by atoms with Crippen LogP contribution in [0.5, 0.6) is 11.5 Å². The topological polar surface area (TPSA) is 97.8 Å². The second-order valence-electron chi connectivity index (χ2n) is 7.98. The Morgan fingerprint density at radius 3 is 2.76 bits per heavy atom. The Morgan fingerprint density at radius 2 is 2.00 bits per heavy atom. The van der Waals surface area contributed by atoms with Crippen LogP contribution in [0.2, 0.25) is 0 Å². The van der Waals surface area contributed by atoms with E-state index < -0.39 is 6.04 Å². The molecule has 0 saturated carbocycles. The molecule has 1 aromatic heterocycles. The van der Waals surface area contributed by atoms with E-state index in [9.17, 15) is 14.4 Å². The molecule has 1 aliphatic rings. The monoisotopic (exact) mass is 459 g/mol. The number of fused-ring (bicyclic) bond motifs is 1. The van der Waals surface area contributed by atoms with Crippen LogP contribution in [-0.2, 0) is 16.1 Å². The molecule has 0 fully saturated rings. The molecule has 2 amide bonds. The molecular formula is C26H25N3O5. The van der Waals surface area contributed by atoms with Crippen LogP contribution in [0, 0.1) is 6.92 Å². The quantitative estimate of drug-likeness (QED) is 0.520. The first-order valence-corrected chi connectivity index (χ1v) is 10.9. The summed E-state index contributed by atoms with van der Waals surface area (Å²) < 4.78 is 11.2. The van der Waals surface area contributed by atoms with Crippen molar-refractivity contribution in [1.82, 2.24) is 10.3 Å². The van der Waals surface area contributed by atoms with Crippen molar-refractivity contribution in [1.29, 1.82) is 0 Å². The van der Waals surface area contributed by atoms with Gasteiger partial charge in [-0.2, -0.15) is 0 Å².